The number of piperidine rings is 1. The predicted octanol–water partition coefficient (Wildman–Crippen LogP) is 2.58. The lowest BCUT2D eigenvalue weighted by Crippen LogP contribution is -2.46. The highest BCUT2D eigenvalue weighted by Crippen LogP contribution is 2.27. The van der Waals surface area contributed by atoms with Crippen LogP contribution < -0.4 is 16.0 Å². The summed E-state index contributed by atoms with van der Waals surface area (Å²) in [5, 5.41) is 19.9. The van der Waals surface area contributed by atoms with Gasteiger partial charge in [0.1, 0.15) is 20.0 Å². The largest absolute Gasteiger partial charge is 0.481 e. The summed E-state index contributed by atoms with van der Waals surface area (Å²) in [4.78, 5) is 39.3. The molecule has 0 saturated carbocycles. The summed E-state index contributed by atoms with van der Waals surface area (Å²) in [6.45, 7) is 8.47. The average Bonchev–Trinajstić information content (AvgIpc) is 2.73. The van der Waals surface area contributed by atoms with Crippen LogP contribution in [0, 0.1) is 28.7 Å². The fourth-order valence-corrected chi connectivity index (χ4v) is 4.35. The molecule has 1 aromatic rings. The molecule has 0 spiro atoms. The van der Waals surface area contributed by atoms with Crippen molar-refractivity contribution >= 4 is 37.4 Å². The fraction of sp³-hybridized carbons (Fsp3) is 0.500. The van der Waals surface area contributed by atoms with Gasteiger partial charge in [0, 0.05) is 30.1 Å². The van der Waals surface area contributed by atoms with Gasteiger partial charge in [-0.25, -0.2) is 0 Å². The first kappa shape index (κ1) is 26.1. The second-order valence-corrected chi connectivity index (χ2v) is 14.2. The smallest absolute Gasteiger partial charge is 0.309 e. The number of benzene rings is 1. The van der Waals surface area contributed by atoms with E-state index in [2.05, 4.69) is 36.4 Å². The average molecular weight is 471 g/mol. The Morgan fingerprint density at radius 3 is 2.45 bits per heavy atom. The van der Waals surface area contributed by atoms with Crippen molar-refractivity contribution in [2.45, 2.75) is 58.3 Å². The molecule has 0 bridgehead atoms. The van der Waals surface area contributed by atoms with E-state index in [9.17, 15) is 19.5 Å². The van der Waals surface area contributed by atoms with Crippen molar-refractivity contribution in [1.82, 2.24) is 5.32 Å². The summed E-state index contributed by atoms with van der Waals surface area (Å²) < 4.78 is 0. The Hall–Kier alpha value is -3.12. The van der Waals surface area contributed by atoms with Crippen molar-refractivity contribution in [2.24, 2.45) is 17.6 Å². The van der Waals surface area contributed by atoms with E-state index in [1.54, 1.807) is 36.1 Å². The molecule has 0 radical (unpaired) electrons. The molecule has 0 aromatic heterocycles. The van der Waals surface area contributed by atoms with E-state index in [0.29, 0.717) is 30.6 Å². The molecule has 5 N–H and O–H groups in total. The topological polar surface area (TPSA) is 137 Å². The SMILES string of the molecule is CCC(C(=O)O)[C@@H](C#C[Si](C)(C)C)NC(=O)CC1CCCN(c2ccc(C(=N)N)cc2)C1=O. The number of amidine groups is 1. The van der Waals surface area contributed by atoms with Crippen molar-refractivity contribution in [1.29, 1.82) is 5.41 Å². The van der Waals surface area contributed by atoms with Gasteiger partial charge in [0.25, 0.3) is 0 Å². The predicted molar refractivity (Wildman–Crippen MR) is 132 cm³/mol. The fourth-order valence-electron chi connectivity index (χ4n) is 3.76. The highest BCUT2D eigenvalue weighted by Gasteiger charge is 2.33. The normalized spacial score (nSPS) is 18.0. The number of hydrogen-bond donors (Lipinski definition) is 4. The molecule has 2 unspecified atom stereocenters. The van der Waals surface area contributed by atoms with Gasteiger partial charge >= 0.3 is 5.97 Å². The molecule has 8 nitrogen and oxygen atoms in total. The van der Waals surface area contributed by atoms with E-state index in [0.717, 1.165) is 6.42 Å². The molecule has 1 aliphatic heterocycles. The van der Waals surface area contributed by atoms with Gasteiger partial charge < -0.3 is 21.1 Å². The number of hydrogen-bond acceptors (Lipinski definition) is 4. The molecule has 33 heavy (non-hydrogen) atoms. The van der Waals surface area contributed by atoms with Crippen LogP contribution in [-0.2, 0) is 14.4 Å². The number of aliphatic carboxylic acids is 1. The summed E-state index contributed by atoms with van der Waals surface area (Å²) >= 11 is 0. The first-order valence-corrected chi connectivity index (χ1v) is 14.7. The second kappa shape index (κ2) is 11.1. The molecule has 3 atom stereocenters. The maximum absolute atomic E-state index is 13.1. The summed E-state index contributed by atoms with van der Waals surface area (Å²) in [5.74, 6) is 0.161. The molecule has 0 aliphatic carbocycles. The van der Waals surface area contributed by atoms with Gasteiger partial charge in [0.15, 0.2) is 0 Å². The van der Waals surface area contributed by atoms with Crippen molar-refractivity contribution < 1.29 is 19.5 Å². The molecule has 178 valence electrons. The van der Waals surface area contributed by atoms with E-state index in [4.69, 9.17) is 11.1 Å². The minimum atomic E-state index is -1.76. The number of carboxylic acid groups (broad SMARTS) is 1. The lowest BCUT2D eigenvalue weighted by molar-refractivity contribution is -0.142. The van der Waals surface area contributed by atoms with E-state index in [1.807, 2.05) is 0 Å². The molecule has 1 heterocycles. The standard InChI is InChI=1S/C24H34N4O4Si/c1-5-19(24(31)32)20(12-14-33(2,3)4)27-21(29)15-17-7-6-13-28(23(17)30)18-10-8-16(9-11-18)22(25)26/h8-11,17,19-20H,5-7,13,15H2,1-4H3,(H3,25,26)(H,27,29)(H,31,32)/t17?,19?,20-/m1/s1. The molecule has 2 rings (SSSR count). The highest BCUT2D eigenvalue weighted by atomic mass is 28.3. The van der Waals surface area contributed by atoms with Crippen LogP contribution in [0.4, 0.5) is 5.69 Å². The first-order valence-electron chi connectivity index (χ1n) is 11.2. The van der Waals surface area contributed by atoms with Crippen molar-refractivity contribution in [2.75, 3.05) is 11.4 Å². The maximum Gasteiger partial charge on any atom is 0.309 e. The minimum absolute atomic E-state index is 0.0119. The number of nitrogen functional groups attached to an aromatic ring is 1. The van der Waals surface area contributed by atoms with Gasteiger partial charge in [0.2, 0.25) is 11.8 Å². The second-order valence-electron chi connectivity index (χ2n) is 9.41. The number of carbonyl (C=O) groups is 3. The molecular formula is C24H34N4O4Si. The Bertz CT molecular complexity index is 959. The molecule has 1 fully saturated rings. The summed E-state index contributed by atoms with van der Waals surface area (Å²) in [7, 11) is -1.76. The Morgan fingerprint density at radius 2 is 1.94 bits per heavy atom. The number of nitrogens with one attached hydrogen (secondary N) is 2. The number of carbonyl (C=O) groups excluding carboxylic acids is 2. The Balaban J connectivity index is 2.12. The zero-order valence-corrected chi connectivity index (χ0v) is 20.8. The van der Waals surface area contributed by atoms with Crippen molar-refractivity contribution in [3.05, 3.63) is 29.8 Å². The van der Waals surface area contributed by atoms with E-state index in [1.165, 1.54) is 0 Å². The van der Waals surface area contributed by atoms with Crippen LogP contribution in [0.25, 0.3) is 0 Å². The summed E-state index contributed by atoms with van der Waals surface area (Å²) in [6, 6.07) is 6.09. The zero-order chi connectivity index (χ0) is 24.8. The van der Waals surface area contributed by atoms with Gasteiger partial charge in [-0.3, -0.25) is 19.8 Å². The number of amides is 2. The highest BCUT2D eigenvalue weighted by molar-refractivity contribution is 6.83. The Labute approximate surface area is 196 Å². The molecule has 1 aliphatic rings. The summed E-state index contributed by atoms with van der Waals surface area (Å²) in [6.07, 6.45) is 1.68. The number of nitrogens with two attached hydrogens (primary N) is 1. The van der Waals surface area contributed by atoms with Crippen LogP contribution in [0.1, 0.15) is 38.2 Å². The lowest BCUT2D eigenvalue weighted by atomic mass is 9.92. The zero-order valence-electron chi connectivity index (χ0n) is 19.8. The van der Waals surface area contributed by atoms with Crippen molar-refractivity contribution in [3.63, 3.8) is 0 Å². The van der Waals surface area contributed by atoms with E-state index in [-0.39, 0.29) is 24.1 Å². The molecule has 9 heteroatoms. The van der Waals surface area contributed by atoms with E-state index >= 15 is 0 Å². The van der Waals surface area contributed by atoms with Crippen LogP contribution in [-0.4, -0.2) is 49.4 Å². The number of rotatable bonds is 8. The third-order valence-electron chi connectivity index (χ3n) is 5.55. The van der Waals surface area contributed by atoms with Crippen LogP contribution in [0.2, 0.25) is 19.6 Å². The third kappa shape index (κ3) is 7.46. The Morgan fingerprint density at radius 1 is 1.30 bits per heavy atom. The molecule has 1 aromatic carbocycles. The monoisotopic (exact) mass is 470 g/mol. The van der Waals surface area contributed by atoms with Gasteiger partial charge in [0.05, 0.1) is 5.92 Å². The number of nitrogens with zero attached hydrogens (tertiary/aromatic N) is 1. The minimum Gasteiger partial charge on any atom is -0.481 e. The molecule has 1 saturated heterocycles. The third-order valence-corrected chi connectivity index (χ3v) is 6.44. The van der Waals surface area contributed by atoms with Crippen LogP contribution >= 0.6 is 0 Å². The van der Waals surface area contributed by atoms with Gasteiger partial charge in [-0.1, -0.05) is 32.5 Å². The van der Waals surface area contributed by atoms with Crippen LogP contribution in [0.15, 0.2) is 24.3 Å². The van der Waals surface area contributed by atoms with Gasteiger partial charge in [-0.2, -0.15) is 0 Å². The van der Waals surface area contributed by atoms with Gasteiger partial charge in [-0.05, 0) is 43.5 Å². The Kier molecular flexibility index (Phi) is 8.82. The van der Waals surface area contributed by atoms with Crippen LogP contribution in [0.3, 0.4) is 0 Å². The first-order chi connectivity index (χ1) is 15.4. The van der Waals surface area contributed by atoms with Gasteiger partial charge in [-0.15, -0.1) is 5.54 Å². The molecular weight excluding hydrogens is 436 g/mol. The number of carboxylic acids is 1. The van der Waals surface area contributed by atoms with Crippen molar-refractivity contribution in [3.8, 4) is 11.5 Å². The quantitative estimate of drug-likeness (QED) is 0.200. The van der Waals surface area contributed by atoms with E-state index < -0.39 is 31.9 Å². The number of anilines is 1. The molecule has 2 amide bonds. The van der Waals surface area contributed by atoms with Crippen LogP contribution in [0.5, 0.6) is 0 Å². The maximum atomic E-state index is 13.1. The lowest BCUT2D eigenvalue weighted by Gasteiger charge is -2.32. The summed E-state index contributed by atoms with van der Waals surface area (Å²) in [5.41, 5.74) is 9.93.